The van der Waals surface area contributed by atoms with E-state index >= 15 is 0 Å². The van der Waals surface area contributed by atoms with E-state index in [0.717, 1.165) is 24.4 Å². The summed E-state index contributed by atoms with van der Waals surface area (Å²) in [6, 6.07) is 0. The van der Waals surface area contributed by atoms with Gasteiger partial charge >= 0.3 is 0 Å². The lowest BCUT2D eigenvalue weighted by atomic mass is 10.1. The molecule has 1 aromatic rings. The summed E-state index contributed by atoms with van der Waals surface area (Å²) in [6.07, 6.45) is 3.51. The number of hydrogen-bond donors (Lipinski definition) is 1. The van der Waals surface area contributed by atoms with Gasteiger partial charge in [0.15, 0.2) is 0 Å². The second-order valence-corrected chi connectivity index (χ2v) is 4.91. The van der Waals surface area contributed by atoms with Gasteiger partial charge in [0, 0.05) is 18.7 Å². The minimum atomic E-state index is -0.274. The molecule has 1 heterocycles. The van der Waals surface area contributed by atoms with Gasteiger partial charge in [0.05, 0.1) is 0 Å². The van der Waals surface area contributed by atoms with Crippen molar-refractivity contribution in [2.45, 2.75) is 43.0 Å². The van der Waals surface area contributed by atoms with Crippen LogP contribution in [0.25, 0.3) is 0 Å². The minimum absolute atomic E-state index is 0.169. The van der Waals surface area contributed by atoms with Crippen LogP contribution in [-0.4, -0.2) is 31.4 Å². The van der Waals surface area contributed by atoms with Crippen molar-refractivity contribution in [2.24, 2.45) is 12.8 Å². The molecule has 0 radical (unpaired) electrons. The van der Waals surface area contributed by atoms with Crippen molar-refractivity contribution >= 4 is 17.7 Å². The predicted molar refractivity (Wildman–Crippen MR) is 61.8 cm³/mol. The number of aryl methyl sites for hydroxylation is 1. The molecule has 1 rings (SSSR count). The van der Waals surface area contributed by atoms with Crippen LogP contribution in [0, 0.1) is 0 Å². The average Bonchev–Trinajstić information content (AvgIpc) is 2.60. The number of hydrogen-bond acceptors (Lipinski definition) is 5. The zero-order chi connectivity index (χ0) is 12.0. The summed E-state index contributed by atoms with van der Waals surface area (Å²) >= 11 is 1.52. The number of rotatable bonds is 7. The van der Waals surface area contributed by atoms with E-state index in [9.17, 15) is 4.79 Å². The van der Waals surface area contributed by atoms with Crippen LogP contribution in [0.15, 0.2) is 5.16 Å². The quantitative estimate of drug-likeness (QED) is 0.714. The van der Waals surface area contributed by atoms with Crippen molar-refractivity contribution in [3.63, 3.8) is 0 Å². The maximum absolute atomic E-state index is 10.9. The summed E-state index contributed by atoms with van der Waals surface area (Å²) in [6.45, 7) is 2.12. The van der Waals surface area contributed by atoms with Crippen molar-refractivity contribution in [1.29, 1.82) is 0 Å². The van der Waals surface area contributed by atoms with E-state index in [2.05, 4.69) is 22.4 Å². The number of primary amides is 1. The van der Waals surface area contributed by atoms with Crippen molar-refractivity contribution in [1.82, 2.24) is 20.2 Å². The summed E-state index contributed by atoms with van der Waals surface area (Å²) in [4.78, 5) is 10.9. The number of carbonyl (C=O) groups excluding carboxylic acids is 1. The van der Waals surface area contributed by atoms with Gasteiger partial charge in [-0.15, -0.1) is 5.10 Å². The van der Waals surface area contributed by atoms with Gasteiger partial charge in [0.2, 0.25) is 11.1 Å². The van der Waals surface area contributed by atoms with Crippen LogP contribution in [0.4, 0.5) is 0 Å². The molecule has 0 saturated carbocycles. The van der Waals surface area contributed by atoms with Crippen LogP contribution in [-0.2, 0) is 11.8 Å². The van der Waals surface area contributed by atoms with Crippen molar-refractivity contribution in [3.05, 3.63) is 0 Å². The molecule has 0 aliphatic carbocycles. The number of tetrazole rings is 1. The number of aromatic nitrogens is 4. The van der Waals surface area contributed by atoms with Crippen molar-refractivity contribution < 1.29 is 4.79 Å². The molecule has 1 atom stereocenters. The predicted octanol–water partition coefficient (Wildman–Crippen LogP) is 0.736. The van der Waals surface area contributed by atoms with Crippen molar-refractivity contribution in [2.75, 3.05) is 0 Å². The first-order valence-electron chi connectivity index (χ1n) is 5.30. The molecule has 0 spiro atoms. The standard InChI is InChI=1S/C9H17N5OS/c1-3-4-5-7(6-8(10)15)16-9-11-12-13-14(9)2/h7H,3-6H2,1-2H3,(H2,10,15). The molecule has 0 aliphatic rings. The third-order valence-electron chi connectivity index (χ3n) is 2.16. The Bertz CT molecular complexity index is 340. The lowest BCUT2D eigenvalue weighted by Gasteiger charge is -2.12. The lowest BCUT2D eigenvalue weighted by molar-refractivity contribution is -0.118. The summed E-state index contributed by atoms with van der Waals surface area (Å²) in [5.74, 6) is -0.274. The first-order valence-corrected chi connectivity index (χ1v) is 6.18. The topological polar surface area (TPSA) is 86.7 Å². The zero-order valence-corrected chi connectivity index (χ0v) is 10.4. The monoisotopic (exact) mass is 243 g/mol. The van der Waals surface area contributed by atoms with Crippen LogP contribution in [0.1, 0.15) is 32.6 Å². The van der Waals surface area contributed by atoms with Gasteiger partial charge in [0.25, 0.3) is 0 Å². The molecule has 0 fully saturated rings. The Morgan fingerprint density at radius 3 is 2.88 bits per heavy atom. The third kappa shape index (κ3) is 4.18. The molecule has 0 aliphatic heterocycles. The fourth-order valence-corrected chi connectivity index (χ4v) is 2.43. The van der Waals surface area contributed by atoms with Gasteiger partial charge < -0.3 is 5.73 Å². The Morgan fingerprint density at radius 1 is 1.62 bits per heavy atom. The van der Waals surface area contributed by atoms with Gasteiger partial charge in [-0.1, -0.05) is 31.5 Å². The summed E-state index contributed by atoms with van der Waals surface area (Å²) < 4.78 is 1.60. The highest BCUT2D eigenvalue weighted by Gasteiger charge is 2.16. The van der Waals surface area contributed by atoms with Gasteiger partial charge in [0.1, 0.15) is 0 Å². The SMILES string of the molecule is CCCCC(CC(N)=O)Sc1nnnn1C. The molecule has 2 N–H and O–H groups in total. The van der Waals surface area contributed by atoms with Crippen LogP contribution < -0.4 is 5.73 Å². The fourth-order valence-electron chi connectivity index (χ4n) is 1.33. The first-order chi connectivity index (χ1) is 7.63. The van der Waals surface area contributed by atoms with Crippen LogP contribution in [0.3, 0.4) is 0 Å². The van der Waals surface area contributed by atoms with E-state index in [1.165, 1.54) is 11.8 Å². The maximum atomic E-state index is 10.9. The molecule has 0 saturated heterocycles. The fraction of sp³-hybridized carbons (Fsp3) is 0.778. The minimum Gasteiger partial charge on any atom is -0.370 e. The Morgan fingerprint density at radius 2 is 2.38 bits per heavy atom. The largest absolute Gasteiger partial charge is 0.370 e. The molecule has 1 aromatic heterocycles. The highest BCUT2D eigenvalue weighted by atomic mass is 32.2. The number of unbranched alkanes of at least 4 members (excludes halogenated alkanes) is 1. The number of nitrogens with zero attached hydrogens (tertiary/aromatic N) is 4. The van der Waals surface area contributed by atoms with E-state index in [1.54, 1.807) is 11.7 Å². The Labute approximate surface area is 99.0 Å². The summed E-state index contributed by atoms with van der Waals surface area (Å²) in [5, 5.41) is 12.1. The van der Waals surface area contributed by atoms with Gasteiger partial charge in [-0.25, -0.2) is 4.68 Å². The first kappa shape index (κ1) is 13.0. The number of amides is 1. The van der Waals surface area contributed by atoms with Crippen LogP contribution >= 0.6 is 11.8 Å². The lowest BCUT2D eigenvalue weighted by Crippen LogP contribution is -2.18. The normalized spacial score (nSPS) is 12.6. The molecule has 1 unspecified atom stereocenters. The second kappa shape index (κ2) is 6.47. The van der Waals surface area contributed by atoms with E-state index in [4.69, 9.17) is 5.73 Å². The Hall–Kier alpha value is -1.11. The van der Waals surface area contributed by atoms with E-state index in [1.807, 2.05) is 0 Å². The molecule has 16 heavy (non-hydrogen) atoms. The molecule has 6 nitrogen and oxygen atoms in total. The van der Waals surface area contributed by atoms with Gasteiger partial charge in [-0.3, -0.25) is 4.79 Å². The van der Waals surface area contributed by atoms with Crippen LogP contribution in [0.5, 0.6) is 0 Å². The summed E-state index contributed by atoms with van der Waals surface area (Å²) in [5.41, 5.74) is 5.22. The van der Waals surface area contributed by atoms with E-state index in [-0.39, 0.29) is 11.2 Å². The third-order valence-corrected chi connectivity index (χ3v) is 3.45. The maximum Gasteiger partial charge on any atom is 0.218 e. The van der Waals surface area contributed by atoms with Crippen LogP contribution in [0.2, 0.25) is 0 Å². The molecule has 0 bridgehead atoms. The highest BCUT2D eigenvalue weighted by Crippen LogP contribution is 2.26. The molecule has 90 valence electrons. The molecule has 7 heteroatoms. The second-order valence-electron chi connectivity index (χ2n) is 3.64. The Kier molecular flexibility index (Phi) is 5.24. The number of nitrogens with two attached hydrogens (primary N) is 1. The average molecular weight is 243 g/mol. The van der Waals surface area contributed by atoms with E-state index < -0.39 is 0 Å². The molecular formula is C9H17N5OS. The van der Waals surface area contributed by atoms with Gasteiger partial charge in [-0.2, -0.15) is 0 Å². The molecule has 0 aromatic carbocycles. The van der Waals surface area contributed by atoms with E-state index in [0.29, 0.717) is 6.42 Å². The Balaban J connectivity index is 2.55. The molecular weight excluding hydrogens is 226 g/mol. The summed E-state index contributed by atoms with van der Waals surface area (Å²) in [7, 11) is 1.78. The number of thioether (sulfide) groups is 1. The van der Waals surface area contributed by atoms with Gasteiger partial charge in [-0.05, 0) is 16.8 Å². The van der Waals surface area contributed by atoms with Crippen molar-refractivity contribution in [3.8, 4) is 0 Å². The number of carbonyl (C=O) groups is 1. The zero-order valence-electron chi connectivity index (χ0n) is 9.59. The molecule has 1 amide bonds. The smallest absolute Gasteiger partial charge is 0.218 e. The highest BCUT2D eigenvalue weighted by molar-refractivity contribution is 7.99.